The molecule has 110 valence electrons. The minimum absolute atomic E-state index is 0.176. The summed E-state index contributed by atoms with van der Waals surface area (Å²) >= 11 is 0. The van der Waals surface area contributed by atoms with Crippen molar-refractivity contribution in [2.24, 2.45) is 0 Å². The van der Waals surface area contributed by atoms with Crippen LogP contribution in [0.1, 0.15) is 23.0 Å². The van der Waals surface area contributed by atoms with Crippen LogP contribution in [0, 0.1) is 0 Å². The summed E-state index contributed by atoms with van der Waals surface area (Å²) in [4.78, 5) is 27.5. The van der Waals surface area contributed by atoms with Crippen molar-refractivity contribution in [3.05, 3.63) is 29.6 Å². The zero-order valence-corrected chi connectivity index (χ0v) is 10.9. The Hall–Kier alpha value is -2.12. The van der Waals surface area contributed by atoms with Gasteiger partial charge in [-0.25, -0.2) is 0 Å². The number of likely N-dealkylation sites (N-methyl/N-ethyl adjacent to an activating group) is 1. The number of carbonyl (C=O) groups excluding carboxylic acids is 2. The predicted molar refractivity (Wildman–Crippen MR) is 62.8 cm³/mol. The molecule has 0 unspecified atom stereocenters. The summed E-state index contributed by atoms with van der Waals surface area (Å²) in [7, 11) is 1.33. The number of esters is 1. The monoisotopic (exact) mass is 290 g/mol. The first-order chi connectivity index (χ1) is 9.25. The van der Waals surface area contributed by atoms with Gasteiger partial charge < -0.3 is 9.64 Å². The first kappa shape index (κ1) is 15.9. The molecule has 0 saturated heterocycles. The highest BCUT2D eigenvalue weighted by Gasteiger charge is 2.31. The molecular formula is C12H13F3N2O3. The van der Waals surface area contributed by atoms with Crippen molar-refractivity contribution < 1.29 is 27.5 Å². The molecule has 0 aliphatic carbocycles. The molecule has 1 aromatic heterocycles. The van der Waals surface area contributed by atoms with Gasteiger partial charge in [0.25, 0.3) is 5.91 Å². The average molecular weight is 290 g/mol. The molecule has 0 spiro atoms. The van der Waals surface area contributed by atoms with E-state index < -0.39 is 23.6 Å². The normalized spacial score (nSPS) is 11.1. The highest BCUT2D eigenvalue weighted by atomic mass is 19.4. The van der Waals surface area contributed by atoms with Gasteiger partial charge in [0, 0.05) is 13.2 Å². The molecule has 1 aromatic rings. The fourth-order valence-corrected chi connectivity index (χ4v) is 1.36. The third-order valence-electron chi connectivity index (χ3n) is 2.33. The van der Waals surface area contributed by atoms with Gasteiger partial charge in [0.1, 0.15) is 12.2 Å². The van der Waals surface area contributed by atoms with Crippen LogP contribution >= 0.6 is 0 Å². The van der Waals surface area contributed by atoms with Crippen molar-refractivity contribution in [2.75, 3.05) is 20.2 Å². The van der Waals surface area contributed by atoms with Gasteiger partial charge in [0.15, 0.2) is 0 Å². The van der Waals surface area contributed by atoms with E-state index in [1.54, 1.807) is 6.92 Å². The highest BCUT2D eigenvalue weighted by molar-refractivity contribution is 5.94. The van der Waals surface area contributed by atoms with Crippen LogP contribution < -0.4 is 0 Å². The number of carbonyl (C=O) groups is 2. The Kier molecular flexibility index (Phi) is 5.06. The van der Waals surface area contributed by atoms with Gasteiger partial charge in [-0.1, -0.05) is 0 Å². The van der Waals surface area contributed by atoms with Gasteiger partial charge in [-0.15, -0.1) is 0 Å². The summed E-state index contributed by atoms with van der Waals surface area (Å²) in [6, 6.07) is 1.73. The van der Waals surface area contributed by atoms with Crippen molar-refractivity contribution in [3.8, 4) is 0 Å². The molecule has 1 heterocycles. The van der Waals surface area contributed by atoms with Crippen LogP contribution in [0.15, 0.2) is 18.3 Å². The minimum Gasteiger partial charge on any atom is -0.465 e. The van der Waals surface area contributed by atoms with Crippen molar-refractivity contribution in [1.29, 1.82) is 0 Å². The number of amides is 1. The van der Waals surface area contributed by atoms with E-state index in [-0.39, 0.29) is 18.8 Å². The first-order valence-electron chi connectivity index (χ1n) is 5.70. The summed E-state index contributed by atoms with van der Waals surface area (Å²) in [5.41, 5.74) is -1.12. The second-order valence-corrected chi connectivity index (χ2v) is 3.90. The van der Waals surface area contributed by atoms with E-state index in [4.69, 9.17) is 0 Å². The van der Waals surface area contributed by atoms with E-state index in [1.807, 2.05) is 0 Å². The van der Waals surface area contributed by atoms with E-state index in [0.717, 1.165) is 17.0 Å². The van der Waals surface area contributed by atoms with Crippen LogP contribution in [0.2, 0.25) is 0 Å². The number of halogens is 3. The second-order valence-electron chi connectivity index (χ2n) is 3.90. The lowest BCUT2D eigenvalue weighted by molar-refractivity contribution is -0.143. The van der Waals surface area contributed by atoms with Crippen LogP contribution in [0.5, 0.6) is 0 Å². The van der Waals surface area contributed by atoms with E-state index >= 15 is 0 Å². The lowest BCUT2D eigenvalue weighted by Gasteiger charge is -2.15. The summed E-state index contributed by atoms with van der Waals surface area (Å²) in [5, 5.41) is 0. The number of alkyl halides is 3. The molecule has 1 amide bonds. The van der Waals surface area contributed by atoms with Gasteiger partial charge in [-0.05, 0) is 19.1 Å². The van der Waals surface area contributed by atoms with Crippen LogP contribution in [0.25, 0.3) is 0 Å². The molecule has 20 heavy (non-hydrogen) atoms. The smallest absolute Gasteiger partial charge is 0.417 e. The summed E-state index contributed by atoms with van der Waals surface area (Å²) in [6.07, 6.45) is -3.93. The maximum Gasteiger partial charge on any atom is 0.417 e. The fraction of sp³-hybridized carbons (Fsp3) is 0.417. The van der Waals surface area contributed by atoms with Gasteiger partial charge in [-0.3, -0.25) is 14.6 Å². The lowest BCUT2D eigenvalue weighted by atomic mass is 10.2. The third-order valence-corrected chi connectivity index (χ3v) is 2.33. The average Bonchev–Trinajstić information content (AvgIpc) is 2.37. The lowest BCUT2D eigenvalue weighted by Crippen LogP contribution is -2.33. The molecule has 0 aromatic carbocycles. The highest BCUT2D eigenvalue weighted by Crippen LogP contribution is 2.28. The van der Waals surface area contributed by atoms with Crippen LogP contribution in [0.3, 0.4) is 0 Å². The number of pyridine rings is 1. The summed E-state index contributed by atoms with van der Waals surface area (Å²) in [6.45, 7) is 1.51. The van der Waals surface area contributed by atoms with Crippen molar-refractivity contribution >= 4 is 11.9 Å². The number of nitrogens with zero attached hydrogens (tertiary/aromatic N) is 2. The molecule has 0 aliphatic heterocycles. The van der Waals surface area contributed by atoms with Crippen molar-refractivity contribution in [1.82, 2.24) is 9.88 Å². The Morgan fingerprint density at radius 1 is 1.35 bits per heavy atom. The maximum atomic E-state index is 12.3. The van der Waals surface area contributed by atoms with Gasteiger partial charge in [-0.2, -0.15) is 13.2 Å². The molecule has 0 N–H and O–H groups in total. The quantitative estimate of drug-likeness (QED) is 0.792. The minimum atomic E-state index is -4.51. The molecule has 8 heteroatoms. The van der Waals surface area contributed by atoms with Crippen LogP contribution in [-0.2, 0) is 15.7 Å². The summed E-state index contributed by atoms with van der Waals surface area (Å²) < 4.78 is 41.7. The molecule has 0 bridgehead atoms. The standard InChI is InChI=1S/C12H13F3N2O3/c1-3-20-10(18)7-17(2)11(19)9-5-4-8(6-16-9)12(13,14)15/h4-6H,3,7H2,1-2H3. The van der Waals surface area contributed by atoms with Gasteiger partial charge in [0.2, 0.25) is 0 Å². The molecule has 0 fully saturated rings. The fourth-order valence-electron chi connectivity index (χ4n) is 1.36. The van der Waals surface area contributed by atoms with Crippen LogP contribution in [0.4, 0.5) is 13.2 Å². The molecule has 0 radical (unpaired) electrons. The van der Waals surface area contributed by atoms with E-state index in [2.05, 4.69) is 9.72 Å². The number of ether oxygens (including phenoxy) is 1. The summed E-state index contributed by atoms with van der Waals surface area (Å²) in [5.74, 6) is -1.26. The molecule has 5 nitrogen and oxygen atoms in total. The Bertz CT molecular complexity index is 486. The molecule has 0 atom stereocenters. The Morgan fingerprint density at radius 3 is 2.45 bits per heavy atom. The molecular weight excluding hydrogens is 277 g/mol. The molecule has 0 aliphatic rings. The number of rotatable bonds is 4. The first-order valence-corrected chi connectivity index (χ1v) is 5.70. The van der Waals surface area contributed by atoms with E-state index in [1.165, 1.54) is 7.05 Å². The SMILES string of the molecule is CCOC(=O)CN(C)C(=O)c1ccc(C(F)(F)F)cn1. The van der Waals surface area contributed by atoms with E-state index in [9.17, 15) is 22.8 Å². The molecule has 0 saturated carbocycles. The molecule has 1 rings (SSSR count). The largest absolute Gasteiger partial charge is 0.465 e. The maximum absolute atomic E-state index is 12.3. The third kappa shape index (κ3) is 4.22. The Morgan fingerprint density at radius 2 is 2.00 bits per heavy atom. The topological polar surface area (TPSA) is 59.5 Å². The number of hydrogen-bond donors (Lipinski definition) is 0. The zero-order valence-electron chi connectivity index (χ0n) is 10.9. The van der Waals surface area contributed by atoms with Crippen LogP contribution in [-0.4, -0.2) is 42.0 Å². The number of aromatic nitrogens is 1. The van der Waals surface area contributed by atoms with Crippen molar-refractivity contribution in [3.63, 3.8) is 0 Å². The Labute approximate surface area is 113 Å². The van der Waals surface area contributed by atoms with Gasteiger partial charge >= 0.3 is 12.1 Å². The van der Waals surface area contributed by atoms with Gasteiger partial charge in [0.05, 0.1) is 12.2 Å². The second kappa shape index (κ2) is 6.36. The zero-order chi connectivity index (χ0) is 15.3. The Balaban J connectivity index is 2.75. The number of hydrogen-bond acceptors (Lipinski definition) is 4. The van der Waals surface area contributed by atoms with Crippen molar-refractivity contribution in [2.45, 2.75) is 13.1 Å². The predicted octanol–water partition coefficient (Wildman–Crippen LogP) is 1.74. The van der Waals surface area contributed by atoms with E-state index in [0.29, 0.717) is 6.20 Å².